The van der Waals surface area contributed by atoms with Crippen molar-refractivity contribution >= 4 is 11.5 Å². The molecular weight excluding hydrogens is 258 g/mol. The second-order valence-corrected chi connectivity index (χ2v) is 5.44. The SMILES string of the molecule is CCc1nnsc1C(N)c1cccc(OC(C)C)c1. The second kappa shape index (κ2) is 6.12. The molecule has 0 aliphatic heterocycles. The summed E-state index contributed by atoms with van der Waals surface area (Å²) in [6.07, 6.45) is 1.00. The van der Waals surface area contributed by atoms with Crippen LogP contribution in [-0.2, 0) is 6.42 Å². The molecule has 4 nitrogen and oxygen atoms in total. The van der Waals surface area contributed by atoms with E-state index in [4.69, 9.17) is 10.5 Å². The monoisotopic (exact) mass is 277 g/mol. The van der Waals surface area contributed by atoms with Gasteiger partial charge in [-0.25, -0.2) is 0 Å². The number of nitrogens with zero attached hydrogens (tertiary/aromatic N) is 2. The van der Waals surface area contributed by atoms with Gasteiger partial charge in [0.05, 0.1) is 22.7 Å². The summed E-state index contributed by atoms with van der Waals surface area (Å²) in [5, 5.41) is 4.11. The Hall–Kier alpha value is -1.46. The van der Waals surface area contributed by atoms with Gasteiger partial charge in [0.25, 0.3) is 0 Å². The Bertz CT molecular complexity index is 539. The maximum Gasteiger partial charge on any atom is 0.120 e. The quantitative estimate of drug-likeness (QED) is 0.912. The third kappa shape index (κ3) is 3.30. The van der Waals surface area contributed by atoms with Crippen LogP contribution in [0.5, 0.6) is 5.75 Å². The molecule has 0 amide bonds. The van der Waals surface area contributed by atoms with Crippen LogP contribution in [0.4, 0.5) is 0 Å². The van der Waals surface area contributed by atoms with Gasteiger partial charge in [-0.2, -0.15) is 0 Å². The lowest BCUT2D eigenvalue weighted by Gasteiger charge is -2.14. The van der Waals surface area contributed by atoms with E-state index in [0.29, 0.717) is 0 Å². The largest absolute Gasteiger partial charge is 0.491 e. The van der Waals surface area contributed by atoms with E-state index in [1.165, 1.54) is 11.5 Å². The molecule has 1 aromatic heterocycles. The number of aryl methyl sites for hydroxylation is 1. The molecular formula is C14H19N3OS. The second-order valence-electron chi connectivity index (χ2n) is 4.65. The van der Waals surface area contributed by atoms with Crippen molar-refractivity contribution in [2.75, 3.05) is 0 Å². The highest BCUT2D eigenvalue weighted by molar-refractivity contribution is 7.05. The molecule has 0 fully saturated rings. The lowest BCUT2D eigenvalue weighted by molar-refractivity contribution is 0.242. The van der Waals surface area contributed by atoms with Crippen molar-refractivity contribution < 1.29 is 4.74 Å². The first-order valence-electron chi connectivity index (χ1n) is 6.45. The Morgan fingerprint density at radius 3 is 2.84 bits per heavy atom. The maximum absolute atomic E-state index is 6.31. The van der Waals surface area contributed by atoms with E-state index in [1.807, 2.05) is 38.1 Å². The van der Waals surface area contributed by atoms with Gasteiger partial charge in [-0.3, -0.25) is 0 Å². The zero-order valence-electron chi connectivity index (χ0n) is 11.5. The highest BCUT2D eigenvalue weighted by Crippen LogP contribution is 2.27. The normalized spacial score (nSPS) is 12.7. The smallest absolute Gasteiger partial charge is 0.120 e. The number of aromatic nitrogens is 2. The summed E-state index contributed by atoms with van der Waals surface area (Å²) in [6.45, 7) is 6.08. The van der Waals surface area contributed by atoms with E-state index >= 15 is 0 Å². The van der Waals surface area contributed by atoms with E-state index in [9.17, 15) is 0 Å². The molecule has 0 bridgehead atoms. The van der Waals surface area contributed by atoms with Crippen molar-refractivity contribution in [3.8, 4) is 5.75 Å². The minimum Gasteiger partial charge on any atom is -0.491 e. The highest BCUT2D eigenvalue weighted by Gasteiger charge is 2.17. The van der Waals surface area contributed by atoms with E-state index in [-0.39, 0.29) is 12.1 Å². The van der Waals surface area contributed by atoms with Gasteiger partial charge >= 0.3 is 0 Å². The molecule has 5 heteroatoms. The summed E-state index contributed by atoms with van der Waals surface area (Å²) in [5.74, 6) is 0.846. The van der Waals surface area contributed by atoms with Crippen molar-refractivity contribution in [3.05, 3.63) is 40.4 Å². The molecule has 2 aromatic rings. The first-order valence-corrected chi connectivity index (χ1v) is 7.22. The molecule has 102 valence electrons. The highest BCUT2D eigenvalue weighted by atomic mass is 32.1. The Labute approximate surface area is 117 Å². The summed E-state index contributed by atoms with van der Waals surface area (Å²) in [7, 11) is 0. The summed E-state index contributed by atoms with van der Waals surface area (Å²) in [5.41, 5.74) is 8.32. The average molecular weight is 277 g/mol. The standard InChI is InChI=1S/C14H19N3OS/c1-4-12-14(19-17-16-12)13(15)10-6-5-7-11(8-10)18-9(2)3/h5-9,13H,4,15H2,1-3H3. The van der Waals surface area contributed by atoms with E-state index in [2.05, 4.69) is 16.5 Å². The molecule has 1 atom stereocenters. The van der Waals surface area contributed by atoms with Gasteiger partial charge in [-0.15, -0.1) is 5.10 Å². The number of ether oxygens (including phenoxy) is 1. The van der Waals surface area contributed by atoms with Gasteiger partial charge < -0.3 is 10.5 Å². The number of hydrogen-bond acceptors (Lipinski definition) is 5. The molecule has 1 unspecified atom stereocenters. The molecule has 0 aliphatic rings. The minimum atomic E-state index is -0.189. The maximum atomic E-state index is 6.31. The van der Waals surface area contributed by atoms with Crippen molar-refractivity contribution in [2.24, 2.45) is 5.73 Å². The molecule has 1 aromatic carbocycles. The molecule has 19 heavy (non-hydrogen) atoms. The minimum absolute atomic E-state index is 0.155. The molecule has 0 radical (unpaired) electrons. The molecule has 1 heterocycles. The number of rotatable bonds is 5. The molecule has 0 aliphatic carbocycles. The van der Waals surface area contributed by atoms with E-state index < -0.39 is 0 Å². The fourth-order valence-corrected chi connectivity index (χ4v) is 2.67. The molecule has 0 saturated heterocycles. The summed E-state index contributed by atoms with van der Waals surface area (Å²) >= 11 is 1.37. The van der Waals surface area contributed by atoms with Gasteiger partial charge in [0, 0.05) is 0 Å². The van der Waals surface area contributed by atoms with Crippen LogP contribution in [0.25, 0.3) is 0 Å². The van der Waals surface area contributed by atoms with Crippen LogP contribution in [0, 0.1) is 0 Å². The zero-order chi connectivity index (χ0) is 13.8. The fraction of sp³-hybridized carbons (Fsp3) is 0.429. The van der Waals surface area contributed by atoms with Crippen LogP contribution in [0.2, 0.25) is 0 Å². The number of hydrogen-bond donors (Lipinski definition) is 1. The van der Waals surface area contributed by atoms with Gasteiger partial charge in [0.2, 0.25) is 0 Å². The van der Waals surface area contributed by atoms with Gasteiger partial charge in [0.15, 0.2) is 0 Å². The van der Waals surface area contributed by atoms with Crippen molar-refractivity contribution in [1.29, 1.82) is 0 Å². The third-order valence-corrected chi connectivity index (χ3v) is 3.64. The topological polar surface area (TPSA) is 61.0 Å². The van der Waals surface area contributed by atoms with Crippen LogP contribution in [-0.4, -0.2) is 15.7 Å². The van der Waals surface area contributed by atoms with Gasteiger partial charge in [-0.05, 0) is 49.5 Å². The molecule has 0 saturated carbocycles. The summed E-state index contributed by atoms with van der Waals surface area (Å²) in [6, 6.07) is 7.72. The van der Waals surface area contributed by atoms with Gasteiger partial charge in [-0.1, -0.05) is 23.5 Å². The molecule has 2 N–H and O–H groups in total. The molecule has 2 rings (SSSR count). The molecule has 0 spiro atoms. The van der Waals surface area contributed by atoms with Crippen LogP contribution < -0.4 is 10.5 Å². The number of benzene rings is 1. The van der Waals surface area contributed by atoms with Crippen molar-refractivity contribution in [2.45, 2.75) is 39.3 Å². The Kier molecular flexibility index (Phi) is 4.50. The van der Waals surface area contributed by atoms with Crippen molar-refractivity contribution in [3.63, 3.8) is 0 Å². The van der Waals surface area contributed by atoms with E-state index in [0.717, 1.165) is 28.3 Å². The van der Waals surface area contributed by atoms with Crippen LogP contribution in [0.3, 0.4) is 0 Å². The zero-order valence-corrected chi connectivity index (χ0v) is 12.3. The van der Waals surface area contributed by atoms with Crippen molar-refractivity contribution in [1.82, 2.24) is 9.59 Å². The van der Waals surface area contributed by atoms with Crippen LogP contribution in [0.15, 0.2) is 24.3 Å². The predicted molar refractivity (Wildman–Crippen MR) is 77.5 cm³/mol. The Morgan fingerprint density at radius 1 is 1.37 bits per heavy atom. The Morgan fingerprint density at radius 2 is 2.16 bits per heavy atom. The lowest BCUT2D eigenvalue weighted by atomic mass is 10.0. The number of nitrogens with two attached hydrogens (primary N) is 1. The first-order chi connectivity index (χ1) is 9.11. The third-order valence-electron chi connectivity index (χ3n) is 2.79. The Balaban J connectivity index is 2.26. The average Bonchev–Trinajstić information content (AvgIpc) is 2.85. The van der Waals surface area contributed by atoms with Crippen LogP contribution >= 0.6 is 11.5 Å². The predicted octanol–water partition coefficient (Wildman–Crippen LogP) is 2.94. The van der Waals surface area contributed by atoms with Gasteiger partial charge in [0.1, 0.15) is 5.75 Å². The fourth-order valence-electron chi connectivity index (χ4n) is 1.90. The van der Waals surface area contributed by atoms with E-state index in [1.54, 1.807) is 0 Å². The summed E-state index contributed by atoms with van der Waals surface area (Å²) in [4.78, 5) is 1.03. The lowest BCUT2D eigenvalue weighted by Crippen LogP contribution is -2.13. The first kappa shape index (κ1) is 14.0. The summed E-state index contributed by atoms with van der Waals surface area (Å²) < 4.78 is 9.69. The van der Waals surface area contributed by atoms with Crippen LogP contribution in [0.1, 0.15) is 42.9 Å².